The maximum absolute atomic E-state index is 11.3. The van der Waals surface area contributed by atoms with Crippen LogP contribution >= 0.6 is 0 Å². The molecule has 59 valence electrons. The molecule has 0 heterocycles. The Kier molecular flexibility index (Phi) is 3.18. The van der Waals surface area contributed by atoms with E-state index in [0.717, 1.165) is 0 Å². The second-order valence-electron chi connectivity index (χ2n) is 1.49. The highest BCUT2D eigenvalue weighted by Gasteiger charge is 2.40. The maximum atomic E-state index is 11.3. The lowest BCUT2D eigenvalue weighted by atomic mass is 10.5. The summed E-state index contributed by atoms with van der Waals surface area (Å²) in [6.07, 6.45) is -4.74. The first-order chi connectivity index (χ1) is 4.48. The van der Waals surface area contributed by atoms with Crippen LogP contribution in [-0.4, -0.2) is 18.8 Å². The molecule has 10 heavy (non-hydrogen) atoms. The molecule has 0 amide bonds. The van der Waals surface area contributed by atoms with Crippen molar-refractivity contribution < 1.29 is 22.7 Å². The Bertz CT molecular complexity index is 119. The third kappa shape index (κ3) is 3.32. The number of hydrogen-bond acceptors (Lipinski definition) is 2. The summed E-state index contributed by atoms with van der Waals surface area (Å²) in [5.74, 6) is -2.16. The van der Waals surface area contributed by atoms with Gasteiger partial charge in [-0.2, -0.15) is 13.2 Å². The van der Waals surface area contributed by atoms with Crippen molar-refractivity contribution in [2.24, 2.45) is 0 Å². The molecule has 0 saturated carbocycles. The van der Waals surface area contributed by atoms with Crippen molar-refractivity contribution in [1.82, 2.24) is 0 Å². The van der Waals surface area contributed by atoms with Crippen LogP contribution < -0.4 is 0 Å². The summed E-state index contributed by atoms with van der Waals surface area (Å²) in [6.45, 7) is 2.90. The van der Waals surface area contributed by atoms with Crippen LogP contribution in [0.4, 0.5) is 13.2 Å². The number of esters is 1. The Morgan fingerprint density at radius 3 is 2.30 bits per heavy atom. The first-order valence-corrected chi connectivity index (χ1v) is 2.51. The fourth-order valence-corrected chi connectivity index (χ4v) is 0.247. The fraction of sp³-hybridized carbons (Fsp3) is 0.600. The number of halogens is 3. The van der Waals surface area contributed by atoms with E-state index in [0.29, 0.717) is 0 Å². The van der Waals surface area contributed by atoms with Gasteiger partial charge in [0.15, 0.2) is 0 Å². The lowest BCUT2D eigenvalue weighted by Crippen LogP contribution is -2.25. The van der Waals surface area contributed by atoms with Gasteiger partial charge < -0.3 is 4.74 Å². The first kappa shape index (κ1) is 9.26. The topological polar surface area (TPSA) is 26.3 Å². The summed E-state index contributed by atoms with van der Waals surface area (Å²) in [7, 11) is 0. The van der Waals surface area contributed by atoms with Gasteiger partial charge in [0.25, 0.3) is 0 Å². The van der Waals surface area contributed by atoms with Gasteiger partial charge in [0.2, 0.25) is 0 Å². The Balaban J connectivity index is 3.64. The van der Waals surface area contributed by atoms with E-state index in [-0.39, 0.29) is 13.0 Å². The Labute approximate surface area is 56.0 Å². The van der Waals surface area contributed by atoms with Gasteiger partial charge in [0.1, 0.15) is 0 Å². The highest BCUT2D eigenvalue weighted by molar-refractivity contribution is 5.75. The minimum absolute atomic E-state index is 0.141. The zero-order valence-electron chi connectivity index (χ0n) is 5.07. The SMILES string of the molecule is [CH2]CCOC(=O)C(F)(F)F. The zero-order valence-corrected chi connectivity index (χ0v) is 5.07. The molecular formula is C5H6F3O2. The Morgan fingerprint density at radius 1 is 1.50 bits per heavy atom. The van der Waals surface area contributed by atoms with E-state index >= 15 is 0 Å². The van der Waals surface area contributed by atoms with Crippen molar-refractivity contribution in [3.05, 3.63) is 6.92 Å². The van der Waals surface area contributed by atoms with E-state index in [9.17, 15) is 18.0 Å². The van der Waals surface area contributed by atoms with E-state index in [4.69, 9.17) is 0 Å². The van der Waals surface area contributed by atoms with Crippen LogP contribution in [0.1, 0.15) is 6.42 Å². The number of alkyl halides is 3. The van der Waals surface area contributed by atoms with E-state index in [1.807, 2.05) is 0 Å². The Hall–Kier alpha value is -0.740. The summed E-state index contributed by atoms with van der Waals surface area (Å²) >= 11 is 0. The Morgan fingerprint density at radius 2 is 2.00 bits per heavy atom. The van der Waals surface area contributed by atoms with Crippen LogP contribution in [0.25, 0.3) is 0 Å². The standard InChI is InChI=1S/C5H6F3O2/c1-2-3-10-4(9)5(6,7)8/h1-3H2. The van der Waals surface area contributed by atoms with Gasteiger partial charge in [-0.25, -0.2) is 4.79 Å². The number of carbonyl (C=O) groups excluding carboxylic acids is 1. The van der Waals surface area contributed by atoms with Gasteiger partial charge in [-0.1, -0.05) is 0 Å². The molecule has 0 aliphatic heterocycles. The van der Waals surface area contributed by atoms with Crippen molar-refractivity contribution >= 4 is 5.97 Å². The van der Waals surface area contributed by atoms with Gasteiger partial charge in [-0.05, 0) is 13.3 Å². The van der Waals surface area contributed by atoms with E-state index in [1.165, 1.54) is 0 Å². The molecule has 2 nitrogen and oxygen atoms in total. The summed E-state index contributed by atoms with van der Waals surface area (Å²) in [6, 6.07) is 0. The van der Waals surface area contributed by atoms with Gasteiger partial charge >= 0.3 is 12.1 Å². The van der Waals surface area contributed by atoms with Crippen LogP contribution in [0.2, 0.25) is 0 Å². The molecule has 0 aromatic heterocycles. The third-order valence-corrected chi connectivity index (χ3v) is 0.609. The van der Waals surface area contributed by atoms with Crippen LogP contribution in [-0.2, 0) is 9.53 Å². The zero-order chi connectivity index (χ0) is 8.20. The largest absolute Gasteiger partial charge is 0.490 e. The van der Waals surface area contributed by atoms with Crippen LogP contribution in [0.5, 0.6) is 0 Å². The van der Waals surface area contributed by atoms with Crippen LogP contribution in [0.15, 0.2) is 0 Å². The van der Waals surface area contributed by atoms with Gasteiger partial charge in [-0.15, -0.1) is 0 Å². The number of carbonyl (C=O) groups is 1. The smallest absolute Gasteiger partial charge is 0.459 e. The summed E-state index contributed by atoms with van der Waals surface area (Å²) in [4.78, 5) is 9.85. The molecule has 0 fully saturated rings. The quantitative estimate of drug-likeness (QED) is 0.562. The predicted octanol–water partition coefficient (Wildman–Crippen LogP) is 1.32. The van der Waals surface area contributed by atoms with Gasteiger partial charge in [0.05, 0.1) is 6.61 Å². The molecule has 0 aromatic carbocycles. The fourth-order valence-electron chi connectivity index (χ4n) is 0.247. The second kappa shape index (κ2) is 3.43. The average Bonchev–Trinajstić information content (AvgIpc) is 1.80. The molecule has 0 aromatic rings. The summed E-state index contributed by atoms with van der Waals surface area (Å²) in [5, 5.41) is 0. The minimum atomic E-state index is -4.88. The van der Waals surface area contributed by atoms with Gasteiger partial charge in [-0.3, -0.25) is 0 Å². The molecule has 0 rings (SSSR count). The molecule has 0 saturated heterocycles. The molecule has 0 spiro atoms. The van der Waals surface area contributed by atoms with Crippen molar-refractivity contribution in [2.75, 3.05) is 6.61 Å². The average molecular weight is 155 g/mol. The third-order valence-electron chi connectivity index (χ3n) is 0.609. The molecule has 0 N–H and O–H groups in total. The highest BCUT2D eigenvalue weighted by Crippen LogP contribution is 2.16. The molecule has 0 atom stereocenters. The number of hydrogen-bond donors (Lipinski definition) is 0. The van der Waals surface area contributed by atoms with Gasteiger partial charge in [0, 0.05) is 0 Å². The monoisotopic (exact) mass is 155 g/mol. The van der Waals surface area contributed by atoms with Crippen molar-refractivity contribution in [3.63, 3.8) is 0 Å². The molecule has 0 aliphatic carbocycles. The predicted molar refractivity (Wildman–Crippen MR) is 27.0 cm³/mol. The highest BCUT2D eigenvalue weighted by atomic mass is 19.4. The number of ether oxygens (including phenoxy) is 1. The lowest BCUT2D eigenvalue weighted by Gasteiger charge is -2.04. The summed E-state index contributed by atoms with van der Waals surface area (Å²) < 4.78 is 37.6. The van der Waals surface area contributed by atoms with Crippen LogP contribution in [0.3, 0.4) is 0 Å². The molecule has 0 unspecified atom stereocenters. The minimum Gasteiger partial charge on any atom is -0.459 e. The second-order valence-corrected chi connectivity index (χ2v) is 1.49. The van der Waals surface area contributed by atoms with Crippen molar-refractivity contribution in [2.45, 2.75) is 12.6 Å². The van der Waals surface area contributed by atoms with E-state index < -0.39 is 12.1 Å². The molecule has 5 heteroatoms. The van der Waals surface area contributed by atoms with Crippen molar-refractivity contribution in [1.29, 1.82) is 0 Å². The maximum Gasteiger partial charge on any atom is 0.490 e. The first-order valence-electron chi connectivity index (χ1n) is 2.51. The lowest BCUT2D eigenvalue weighted by molar-refractivity contribution is -0.199. The molecular weight excluding hydrogens is 149 g/mol. The molecule has 1 radical (unpaired) electrons. The van der Waals surface area contributed by atoms with Crippen molar-refractivity contribution in [3.8, 4) is 0 Å². The normalized spacial score (nSPS) is 11.2. The number of rotatable bonds is 2. The van der Waals surface area contributed by atoms with E-state index in [1.54, 1.807) is 0 Å². The summed E-state index contributed by atoms with van der Waals surface area (Å²) in [5.41, 5.74) is 0. The van der Waals surface area contributed by atoms with E-state index in [2.05, 4.69) is 11.7 Å². The van der Waals surface area contributed by atoms with Crippen LogP contribution in [0, 0.1) is 6.92 Å². The molecule has 0 aliphatic rings. The molecule has 0 bridgehead atoms.